The highest BCUT2D eigenvalue weighted by Crippen LogP contribution is 2.25. The molecule has 3 nitrogen and oxygen atoms in total. The van der Waals surface area contributed by atoms with Gasteiger partial charge in [-0.05, 0) is 17.7 Å². The molecule has 0 saturated carbocycles. The third-order valence-corrected chi connectivity index (χ3v) is 2.17. The predicted molar refractivity (Wildman–Crippen MR) is 60.7 cm³/mol. The first-order valence-corrected chi connectivity index (χ1v) is 4.94. The zero-order valence-corrected chi connectivity index (χ0v) is 9.49. The average Bonchev–Trinajstić information content (AvgIpc) is 2.26. The third kappa shape index (κ3) is 3.11. The van der Waals surface area contributed by atoms with Crippen molar-refractivity contribution in [3.63, 3.8) is 0 Å². The lowest BCUT2D eigenvalue weighted by atomic mass is 10.0. The van der Waals surface area contributed by atoms with Crippen LogP contribution >= 0.6 is 11.6 Å². The lowest BCUT2D eigenvalue weighted by Gasteiger charge is -2.15. The summed E-state index contributed by atoms with van der Waals surface area (Å²) in [6.45, 7) is 4.84. The van der Waals surface area contributed by atoms with E-state index in [0.717, 1.165) is 0 Å². The predicted octanol–water partition coefficient (Wildman–Crippen LogP) is 3.02. The van der Waals surface area contributed by atoms with Crippen LogP contribution in [0, 0.1) is 11.3 Å². The standard InChI is InChI=1S/C12H10ClNO2/c1-8(7-14)12(16-9(2)15)10-3-5-11(13)6-4-10/h3-6,12H,1H2,2H3/t12-/m1/s1. The minimum atomic E-state index is -0.736. The van der Waals surface area contributed by atoms with E-state index in [-0.39, 0.29) is 5.57 Å². The molecule has 0 aliphatic heterocycles. The molecule has 0 N–H and O–H groups in total. The number of nitriles is 1. The van der Waals surface area contributed by atoms with Crippen molar-refractivity contribution in [1.29, 1.82) is 5.26 Å². The maximum absolute atomic E-state index is 10.9. The summed E-state index contributed by atoms with van der Waals surface area (Å²) >= 11 is 5.74. The van der Waals surface area contributed by atoms with Gasteiger partial charge in [0.05, 0.1) is 11.6 Å². The summed E-state index contributed by atoms with van der Waals surface area (Å²) in [4.78, 5) is 10.9. The van der Waals surface area contributed by atoms with Crippen molar-refractivity contribution in [2.45, 2.75) is 13.0 Å². The Morgan fingerprint density at radius 1 is 1.50 bits per heavy atom. The van der Waals surface area contributed by atoms with Crippen molar-refractivity contribution in [2.75, 3.05) is 0 Å². The molecule has 0 amide bonds. The monoisotopic (exact) mass is 235 g/mol. The van der Waals surface area contributed by atoms with Crippen molar-refractivity contribution in [3.8, 4) is 6.07 Å². The summed E-state index contributed by atoms with van der Waals surface area (Å²) in [6, 6.07) is 8.59. The van der Waals surface area contributed by atoms with Crippen LogP contribution in [0.15, 0.2) is 36.4 Å². The smallest absolute Gasteiger partial charge is 0.303 e. The van der Waals surface area contributed by atoms with E-state index >= 15 is 0 Å². The lowest BCUT2D eigenvalue weighted by Crippen LogP contribution is -2.09. The van der Waals surface area contributed by atoms with Gasteiger partial charge in [-0.2, -0.15) is 5.26 Å². The van der Waals surface area contributed by atoms with Gasteiger partial charge in [0, 0.05) is 11.9 Å². The zero-order valence-electron chi connectivity index (χ0n) is 8.74. The van der Waals surface area contributed by atoms with Crippen LogP contribution in [0.5, 0.6) is 0 Å². The van der Waals surface area contributed by atoms with Gasteiger partial charge in [-0.1, -0.05) is 30.3 Å². The van der Waals surface area contributed by atoms with Crippen molar-refractivity contribution < 1.29 is 9.53 Å². The topological polar surface area (TPSA) is 50.1 Å². The van der Waals surface area contributed by atoms with Crippen LogP contribution in [0.1, 0.15) is 18.6 Å². The molecule has 1 atom stereocenters. The Morgan fingerprint density at radius 2 is 2.06 bits per heavy atom. The molecule has 0 aliphatic carbocycles. The molecule has 4 heteroatoms. The number of benzene rings is 1. The molecule has 0 saturated heterocycles. The van der Waals surface area contributed by atoms with Gasteiger partial charge in [-0.25, -0.2) is 0 Å². The summed E-state index contributed by atoms with van der Waals surface area (Å²) in [5.74, 6) is -0.462. The number of hydrogen-bond donors (Lipinski definition) is 0. The molecule has 0 unspecified atom stereocenters. The maximum Gasteiger partial charge on any atom is 0.303 e. The van der Waals surface area contributed by atoms with E-state index in [1.807, 2.05) is 6.07 Å². The highest BCUT2D eigenvalue weighted by atomic mass is 35.5. The van der Waals surface area contributed by atoms with Gasteiger partial charge in [-0.15, -0.1) is 0 Å². The third-order valence-electron chi connectivity index (χ3n) is 1.92. The van der Waals surface area contributed by atoms with Gasteiger partial charge >= 0.3 is 5.97 Å². The SMILES string of the molecule is C=C(C#N)[C@@H](OC(C)=O)c1ccc(Cl)cc1. The van der Waals surface area contributed by atoms with Gasteiger partial charge in [-0.3, -0.25) is 4.79 Å². The lowest BCUT2D eigenvalue weighted by molar-refractivity contribution is -0.144. The van der Waals surface area contributed by atoms with Crippen LogP contribution in [0.3, 0.4) is 0 Å². The first-order chi connectivity index (χ1) is 7.54. The van der Waals surface area contributed by atoms with Crippen LogP contribution in [0.2, 0.25) is 5.02 Å². The first-order valence-electron chi connectivity index (χ1n) is 4.56. The van der Waals surface area contributed by atoms with E-state index in [1.165, 1.54) is 6.92 Å². The van der Waals surface area contributed by atoms with Crippen LogP contribution in [-0.2, 0) is 9.53 Å². The van der Waals surface area contributed by atoms with Gasteiger partial charge in [0.2, 0.25) is 0 Å². The molecule has 0 fully saturated rings. The van der Waals surface area contributed by atoms with Crippen LogP contribution < -0.4 is 0 Å². The largest absolute Gasteiger partial charge is 0.452 e. The Bertz CT molecular complexity index is 445. The summed E-state index contributed by atoms with van der Waals surface area (Å²) in [6.07, 6.45) is -0.736. The molecule has 82 valence electrons. The van der Waals surface area contributed by atoms with E-state index in [1.54, 1.807) is 24.3 Å². The molecule has 1 rings (SSSR count). The van der Waals surface area contributed by atoms with E-state index in [0.29, 0.717) is 10.6 Å². The summed E-state index contributed by atoms with van der Waals surface area (Å²) in [7, 11) is 0. The Kier molecular flexibility index (Phi) is 4.10. The Hall–Kier alpha value is -1.79. The fourth-order valence-corrected chi connectivity index (χ4v) is 1.33. The molecule has 0 spiro atoms. The fraction of sp³-hybridized carbons (Fsp3) is 0.167. The van der Waals surface area contributed by atoms with Crippen LogP contribution in [0.25, 0.3) is 0 Å². The second-order valence-corrected chi connectivity index (χ2v) is 3.61. The molecule has 0 radical (unpaired) electrons. The van der Waals surface area contributed by atoms with E-state index < -0.39 is 12.1 Å². The molecule has 0 aliphatic rings. The molecular formula is C12H10ClNO2. The van der Waals surface area contributed by atoms with Crippen molar-refractivity contribution >= 4 is 17.6 Å². The number of hydrogen-bond acceptors (Lipinski definition) is 3. The number of ether oxygens (including phenoxy) is 1. The maximum atomic E-state index is 10.9. The van der Waals surface area contributed by atoms with Gasteiger partial charge in [0.1, 0.15) is 0 Å². The van der Waals surface area contributed by atoms with E-state index in [4.69, 9.17) is 21.6 Å². The number of carbonyl (C=O) groups is 1. The quantitative estimate of drug-likeness (QED) is 0.598. The Morgan fingerprint density at radius 3 is 2.50 bits per heavy atom. The number of rotatable bonds is 3. The van der Waals surface area contributed by atoms with Crippen molar-refractivity contribution in [3.05, 3.63) is 47.0 Å². The summed E-state index contributed by atoms with van der Waals surface area (Å²) in [5.41, 5.74) is 0.851. The van der Waals surface area contributed by atoms with E-state index in [9.17, 15) is 4.79 Å². The second kappa shape index (κ2) is 5.34. The fourth-order valence-electron chi connectivity index (χ4n) is 1.20. The molecule has 1 aromatic rings. The molecule has 16 heavy (non-hydrogen) atoms. The first kappa shape index (κ1) is 12.3. The summed E-state index contributed by atoms with van der Waals surface area (Å²) < 4.78 is 5.02. The van der Waals surface area contributed by atoms with Crippen LogP contribution in [0.4, 0.5) is 0 Å². The van der Waals surface area contributed by atoms with Crippen LogP contribution in [-0.4, -0.2) is 5.97 Å². The number of esters is 1. The average molecular weight is 236 g/mol. The van der Waals surface area contributed by atoms with Gasteiger partial charge < -0.3 is 4.74 Å². The van der Waals surface area contributed by atoms with E-state index in [2.05, 4.69) is 6.58 Å². The number of nitrogens with zero attached hydrogens (tertiary/aromatic N) is 1. The number of carbonyl (C=O) groups excluding carboxylic acids is 1. The zero-order chi connectivity index (χ0) is 12.1. The Labute approximate surface area is 98.9 Å². The highest BCUT2D eigenvalue weighted by molar-refractivity contribution is 6.30. The van der Waals surface area contributed by atoms with Crippen molar-refractivity contribution in [1.82, 2.24) is 0 Å². The van der Waals surface area contributed by atoms with Crippen molar-refractivity contribution in [2.24, 2.45) is 0 Å². The Balaban J connectivity index is 3.01. The second-order valence-electron chi connectivity index (χ2n) is 3.18. The molecule has 0 heterocycles. The van der Waals surface area contributed by atoms with Gasteiger partial charge in [0.25, 0.3) is 0 Å². The minimum absolute atomic E-state index is 0.178. The molecule has 0 bridgehead atoms. The normalized spacial score (nSPS) is 11.3. The molecular weight excluding hydrogens is 226 g/mol. The number of halogens is 1. The minimum Gasteiger partial charge on any atom is -0.452 e. The van der Waals surface area contributed by atoms with Gasteiger partial charge in [0.15, 0.2) is 6.10 Å². The molecule has 1 aromatic carbocycles. The molecule has 0 aromatic heterocycles. The summed E-state index contributed by atoms with van der Waals surface area (Å²) in [5, 5.41) is 9.34. The highest BCUT2D eigenvalue weighted by Gasteiger charge is 2.18.